The molecule has 5 aliphatic rings. The van der Waals surface area contributed by atoms with Crippen LogP contribution in [0.2, 0.25) is 0 Å². The Hall–Kier alpha value is -1.32. The molecule has 38 heavy (non-hydrogen) atoms. The van der Waals surface area contributed by atoms with Gasteiger partial charge in [0.2, 0.25) is 0 Å². The van der Waals surface area contributed by atoms with E-state index in [1.54, 1.807) is 19.4 Å². The van der Waals surface area contributed by atoms with Gasteiger partial charge in [-0.25, -0.2) is 0 Å². The van der Waals surface area contributed by atoms with Crippen LogP contribution in [0.4, 0.5) is 0 Å². The van der Waals surface area contributed by atoms with E-state index in [1.807, 2.05) is 0 Å². The molecule has 4 saturated carbocycles. The summed E-state index contributed by atoms with van der Waals surface area (Å²) in [4.78, 5) is 23.6. The molecule has 0 unspecified atom stereocenters. The Balaban J connectivity index is 1.48. The third kappa shape index (κ3) is 3.96. The maximum absolute atomic E-state index is 11.9. The summed E-state index contributed by atoms with van der Waals surface area (Å²) in [7, 11) is 0. The van der Waals surface area contributed by atoms with Gasteiger partial charge in [0.25, 0.3) is 0 Å². The minimum absolute atomic E-state index is 0.0185. The highest BCUT2D eigenvalue weighted by Gasteiger charge is 2.67. The number of carbonyl (C=O) groups is 2. The van der Waals surface area contributed by atoms with Gasteiger partial charge in [0, 0.05) is 24.7 Å². The minimum atomic E-state index is -0.152. The topological polar surface area (TPSA) is 52.6 Å². The summed E-state index contributed by atoms with van der Waals surface area (Å²) in [6.07, 6.45) is 14.6. The number of hydrogen-bond donors (Lipinski definition) is 0. The molecule has 0 heterocycles. The lowest BCUT2D eigenvalue weighted by molar-refractivity contribution is -0.191. The summed E-state index contributed by atoms with van der Waals surface area (Å²) >= 11 is 0. The number of allylic oxidation sites excluding steroid dienone is 2. The van der Waals surface area contributed by atoms with Gasteiger partial charge in [0.05, 0.1) is 6.61 Å². The van der Waals surface area contributed by atoms with Gasteiger partial charge < -0.3 is 9.47 Å². The van der Waals surface area contributed by atoms with Crippen LogP contribution in [-0.4, -0.2) is 24.6 Å². The van der Waals surface area contributed by atoms with Crippen LogP contribution in [0.3, 0.4) is 0 Å². The van der Waals surface area contributed by atoms with Crippen molar-refractivity contribution in [2.75, 3.05) is 6.61 Å². The standard InChI is InChI=1S/C34H54O4/c1-22(35)37-21-30(5)16-17-31(6)18-19-33(8)25-10-11-26-29(3,4)28(38-23(2)36)13-14-32(26,7)24(25)12-15-34(33,9)27(31)20-30/h10,24,26-28H,11-21H2,1-9H3/t24-,26-,27+,28+,30+,31+,32+,33+,34-/m0/s1. The molecule has 214 valence electrons. The molecule has 4 nitrogen and oxygen atoms in total. The van der Waals surface area contributed by atoms with E-state index in [9.17, 15) is 9.59 Å². The number of rotatable bonds is 3. The fourth-order valence-corrected chi connectivity index (χ4v) is 11.2. The maximum atomic E-state index is 11.9. The minimum Gasteiger partial charge on any atom is -0.465 e. The van der Waals surface area contributed by atoms with Crippen molar-refractivity contribution < 1.29 is 19.1 Å². The van der Waals surface area contributed by atoms with Crippen molar-refractivity contribution in [1.29, 1.82) is 0 Å². The molecule has 5 rings (SSSR count). The van der Waals surface area contributed by atoms with Crippen molar-refractivity contribution in [3.63, 3.8) is 0 Å². The lowest BCUT2D eigenvalue weighted by atomic mass is 9.34. The van der Waals surface area contributed by atoms with Crippen LogP contribution < -0.4 is 0 Å². The summed E-state index contributed by atoms with van der Waals surface area (Å²) in [5.74, 6) is 1.51. The molecule has 0 N–H and O–H groups in total. The normalized spacial score (nSPS) is 49.3. The lowest BCUT2D eigenvalue weighted by Crippen LogP contribution is -2.63. The third-order valence-corrected chi connectivity index (χ3v) is 13.8. The Morgan fingerprint density at radius 2 is 1.53 bits per heavy atom. The van der Waals surface area contributed by atoms with Gasteiger partial charge in [-0.15, -0.1) is 0 Å². The SMILES string of the molecule is CC(=O)OC[C@]1(C)CC[C@]2(C)CC[C@]3(C)C4=CC[C@H]5C(C)(C)[C@H](OC(C)=O)CC[C@]5(C)[C@H]4CC[C@@]3(C)[C@@H]2C1. The van der Waals surface area contributed by atoms with Crippen LogP contribution >= 0.6 is 0 Å². The van der Waals surface area contributed by atoms with E-state index in [-0.39, 0.29) is 45.1 Å². The molecule has 0 saturated heterocycles. The van der Waals surface area contributed by atoms with Gasteiger partial charge in [-0.3, -0.25) is 9.59 Å². The molecule has 0 amide bonds. The first kappa shape index (κ1) is 28.2. The largest absolute Gasteiger partial charge is 0.465 e. The van der Waals surface area contributed by atoms with Crippen molar-refractivity contribution in [2.24, 2.45) is 50.2 Å². The fraction of sp³-hybridized carbons (Fsp3) is 0.882. The number of esters is 2. The second-order valence-electron chi connectivity index (χ2n) is 16.3. The Labute approximate surface area is 232 Å². The predicted molar refractivity (Wildman–Crippen MR) is 151 cm³/mol. The van der Waals surface area contributed by atoms with Crippen LogP contribution in [0.5, 0.6) is 0 Å². The zero-order chi connectivity index (χ0) is 27.9. The van der Waals surface area contributed by atoms with Crippen molar-refractivity contribution in [2.45, 2.75) is 133 Å². The van der Waals surface area contributed by atoms with Crippen LogP contribution in [0.1, 0.15) is 127 Å². The first-order valence-electron chi connectivity index (χ1n) is 15.5. The fourth-order valence-electron chi connectivity index (χ4n) is 11.2. The quantitative estimate of drug-likeness (QED) is 0.274. The van der Waals surface area contributed by atoms with Crippen LogP contribution in [0.15, 0.2) is 11.6 Å². The second-order valence-corrected chi connectivity index (χ2v) is 16.3. The monoisotopic (exact) mass is 526 g/mol. The van der Waals surface area contributed by atoms with Crippen LogP contribution in [0.25, 0.3) is 0 Å². The number of carbonyl (C=O) groups excluding carboxylic acids is 2. The summed E-state index contributed by atoms with van der Waals surface area (Å²) in [6.45, 7) is 21.2. The van der Waals surface area contributed by atoms with Gasteiger partial charge in [-0.05, 0) is 104 Å². The van der Waals surface area contributed by atoms with Gasteiger partial charge in [-0.2, -0.15) is 0 Å². The van der Waals surface area contributed by atoms with E-state index in [2.05, 4.69) is 54.5 Å². The molecular formula is C34H54O4. The van der Waals surface area contributed by atoms with E-state index in [0.717, 1.165) is 32.1 Å². The zero-order valence-electron chi connectivity index (χ0n) is 25.8. The summed E-state index contributed by atoms with van der Waals surface area (Å²) in [6, 6.07) is 0. The maximum Gasteiger partial charge on any atom is 0.302 e. The Morgan fingerprint density at radius 3 is 2.18 bits per heavy atom. The molecule has 4 heteroatoms. The van der Waals surface area contributed by atoms with Crippen molar-refractivity contribution in [3.8, 4) is 0 Å². The predicted octanol–water partition coefficient (Wildman–Crippen LogP) is 8.28. The van der Waals surface area contributed by atoms with Crippen molar-refractivity contribution >= 4 is 11.9 Å². The van der Waals surface area contributed by atoms with Crippen molar-refractivity contribution in [3.05, 3.63) is 11.6 Å². The highest BCUT2D eigenvalue weighted by atomic mass is 16.5. The molecule has 0 aromatic rings. The molecular weight excluding hydrogens is 472 g/mol. The molecule has 0 bridgehead atoms. The van der Waals surface area contributed by atoms with Gasteiger partial charge in [-0.1, -0.05) is 60.1 Å². The third-order valence-electron chi connectivity index (χ3n) is 13.8. The second kappa shape index (κ2) is 8.84. The van der Waals surface area contributed by atoms with Crippen LogP contribution in [0, 0.1) is 50.2 Å². The Morgan fingerprint density at radius 1 is 0.842 bits per heavy atom. The van der Waals surface area contributed by atoms with E-state index < -0.39 is 0 Å². The zero-order valence-corrected chi connectivity index (χ0v) is 25.8. The summed E-state index contributed by atoms with van der Waals surface area (Å²) < 4.78 is 11.5. The van der Waals surface area contributed by atoms with E-state index in [0.29, 0.717) is 29.8 Å². The molecule has 0 aliphatic heterocycles. The van der Waals surface area contributed by atoms with E-state index in [4.69, 9.17) is 9.47 Å². The Kier molecular flexibility index (Phi) is 6.56. The lowest BCUT2D eigenvalue weighted by Gasteiger charge is -2.71. The smallest absolute Gasteiger partial charge is 0.302 e. The number of fused-ring (bicyclic) bond motifs is 7. The molecule has 9 atom stereocenters. The van der Waals surface area contributed by atoms with E-state index in [1.165, 1.54) is 32.1 Å². The molecule has 5 aliphatic carbocycles. The van der Waals surface area contributed by atoms with Crippen molar-refractivity contribution in [1.82, 2.24) is 0 Å². The van der Waals surface area contributed by atoms with Crippen LogP contribution in [-0.2, 0) is 19.1 Å². The average Bonchev–Trinajstić information content (AvgIpc) is 2.82. The number of hydrogen-bond acceptors (Lipinski definition) is 4. The first-order valence-corrected chi connectivity index (χ1v) is 15.5. The first-order chi connectivity index (χ1) is 17.5. The van der Waals surface area contributed by atoms with Gasteiger partial charge in [0.1, 0.15) is 6.10 Å². The number of ether oxygens (including phenoxy) is 2. The molecule has 0 radical (unpaired) electrons. The highest BCUT2D eigenvalue weighted by molar-refractivity contribution is 5.66. The van der Waals surface area contributed by atoms with Gasteiger partial charge in [0.15, 0.2) is 0 Å². The summed E-state index contributed by atoms with van der Waals surface area (Å²) in [5, 5.41) is 0. The average molecular weight is 527 g/mol. The summed E-state index contributed by atoms with van der Waals surface area (Å²) in [5.41, 5.74) is 2.92. The Bertz CT molecular complexity index is 1030. The highest BCUT2D eigenvalue weighted by Crippen LogP contribution is 2.75. The molecule has 0 aromatic heterocycles. The molecule has 4 fully saturated rings. The molecule has 0 aromatic carbocycles. The van der Waals surface area contributed by atoms with E-state index >= 15 is 0 Å². The molecule has 0 spiro atoms. The van der Waals surface area contributed by atoms with Gasteiger partial charge >= 0.3 is 11.9 Å².